The van der Waals surface area contributed by atoms with Crippen LogP contribution < -0.4 is 23.7 Å². The lowest BCUT2D eigenvalue weighted by Crippen LogP contribution is -2.46. The van der Waals surface area contributed by atoms with E-state index in [4.69, 9.17) is 23.7 Å². The van der Waals surface area contributed by atoms with Crippen LogP contribution in [0.5, 0.6) is 28.7 Å². The Bertz CT molecular complexity index is 1260. The van der Waals surface area contributed by atoms with Gasteiger partial charge in [-0.3, -0.25) is 15.0 Å². The van der Waals surface area contributed by atoms with Crippen molar-refractivity contribution in [3.63, 3.8) is 0 Å². The van der Waals surface area contributed by atoms with Crippen LogP contribution in [0.2, 0.25) is 0 Å². The van der Waals surface area contributed by atoms with Crippen molar-refractivity contribution < 1.29 is 28.6 Å². The number of rotatable bonds is 11. The molecule has 2 atom stereocenters. The Morgan fingerprint density at radius 3 is 2.16 bits per heavy atom. The quantitative estimate of drug-likeness (QED) is 0.238. The smallest absolute Gasteiger partial charge is 0.269 e. The molecule has 4 rings (SSSR count). The standard InChI is InChI=1S/C29H34N2O7/c1-6-29(38-22-11-8-21(9-12-22)31(32)33)30-14-13-19-16-27(36-4)28(37-5)18-24(19)25(30)15-20-7-10-23(34-2)17-26(20)35-3/h7-12,16-18,25,29H,6,13-15H2,1-5H3. The van der Waals surface area contributed by atoms with Gasteiger partial charge in [0.05, 0.1) is 33.4 Å². The molecule has 3 aromatic carbocycles. The first-order valence-electron chi connectivity index (χ1n) is 12.5. The number of non-ortho nitro benzene ring substituents is 1. The zero-order chi connectivity index (χ0) is 27.2. The molecule has 0 bridgehead atoms. The first-order valence-corrected chi connectivity index (χ1v) is 12.5. The third-order valence-corrected chi connectivity index (χ3v) is 6.99. The maximum atomic E-state index is 11.1. The minimum absolute atomic E-state index is 0.0304. The van der Waals surface area contributed by atoms with Crippen LogP contribution in [-0.4, -0.2) is 51.0 Å². The number of nitrogens with zero attached hydrogens (tertiary/aromatic N) is 2. The van der Waals surface area contributed by atoms with E-state index in [-0.39, 0.29) is 18.0 Å². The van der Waals surface area contributed by atoms with E-state index in [0.29, 0.717) is 23.7 Å². The summed E-state index contributed by atoms with van der Waals surface area (Å²) in [6, 6.07) is 16.1. The van der Waals surface area contributed by atoms with Gasteiger partial charge in [-0.2, -0.15) is 0 Å². The lowest BCUT2D eigenvalue weighted by molar-refractivity contribution is -0.384. The number of nitro groups is 1. The van der Waals surface area contributed by atoms with Crippen molar-refractivity contribution in [2.75, 3.05) is 35.0 Å². The van der Waals surface area contributed by atoms with E-state index in [2.05, 4.69) is 24.0 Å². The summed E-state index contributed by atoms with van der Waals surface area (Å²) in [6.45, 7) is 2.84. The fourth-order valence-corrected chi connectivity index (χ4v) is 5.04. The minimum Gasteiger partial charge on any atom is -0.497 e. The van der Waals surface area contributed by atoms with Gasteiger partial charge in [0, 0.05) is 30.8 Å². The highest BCUT2D eigenvalue weighted by molar-refractivity contribution is 5.50. The van der Waals surface area contributed by atoms with Crippen LogP contribution in [0, 0.1) is 10.1 Å². The lowest BCUT2D eigenvalue weighted by Gasteiger charge is -2.42. The maximum absolute atomic E-state index is 11.1. The number of methoxy groups -OCH3 is 4. The Morgan fingerprint density at radius 1 is 0.895 bits per heavy atom. The summed E-state index contributed by atoms with van der Waals surface area (Å²) in [5, 5.41) is 11.1. The van der Waals surface area contributed by atoms with Crippen LogP contribution in [0.15, 0.2) is 54.6 Å². The summed E-state index contributed by atoms with van der Waals surface area (Å²) in [5.41, 5.74) is 3.40. The van der Waals surface area contributed by atoms with Gasteiger partial charge >= 0.3 is 0 Å². The lowest BCUT2D eigenvalue weighted by atomic mass is 9.87. The summed E-state index contributed by atoms with van der Waals surface area (Å²) in [6.07, 6.45) is 1.93. The zero-order valence-electron chi connectivity index (χ0n) is 22.4. The molecule has 0 saturated heterocycles. The molecule has 0 aromatic heterocycles. The maximum Gasteiger partial charge on any atom is 0.269 e. The van der Waals surface area contributed by atoms with Crippen LogP contribution in [0.3, 0.4) is 0 Å². The summed E-state index contributed by atoms with van der Waals surface area (Å²) >= 11 is 0. The molecular weight excluding hydrogens is 488 g/mol. The molecule has 0 N–H and O–H groups in total. The van der Waals surface area contributed by atoms with Gasteiger partial charge in [-0.05, 0) is 66.3 Å². The molecule has 9 nitrogen and oxygen atoms in total. The number of nitro benzene ring substituents is 1. The van der Waals surface area contributed by atoms with E-state index in [9.17, 15) is 10.1 Å². The van der Waals surface area contributed by atoms with Crippen molar-refractivity contribution in [1.82, 2.24) is 4.90 Å². The predicted molar refractivity (Wildman–Crippen MR) is 144 cm³/mol. The zero-order valence-corrected chi connectivity index (χ0v) is 22.4. The molecule has 1 aliphatic heterocycles. The summed E-state index contributed by atoms with van der Waals surface area (Å²) in [4.78, 5) is 13.0. The van der Waals surface area contributed by atoms with Crippen LogP contribution in [0.4, 0.5) is 5.69 Å². The van der Waals surface area contributed by atoms with E-state index in [0.717, 1.165) is 42.0 Å². The predicted octanol–water partition coefficient (Wildman–Crippen LogP) is 5.59. The molecule has 0 radical (unpaired) electrons. The SMILES string of the molecule is CCC(Oc1ccc([N+](=O)[O-])cc1)N1CCc2cc(OC)c(OC)cc2C1Cc1ccc(OC)cc1OC. The fourth-order valence-electron chi connectivity index (χ4n) is 5.04. The molecule has 0 amide bonds. The molecule has 3 aromatic rings. The molecule has 2 unspecified atom stereocenters. The molecule has 38 heavy (non-hydrogen) atoms. The van der Waals surface area contributed by atoms with E-state index < -0.39 is 4.92 Å². The highest BCUT2D eigenvalue weighted by Crippen LogP contribution is 2.42. The first-order chi connectivity index (χ1) is 18.4. The minimum atomic E-state index is -0.414. The highest BCUT2D eigenvalue weighted by Gasteiger charge is 2.34. The second-order valence-corrected chi connectivity index (χ2v) is 9.02. The van der Waals surface area contributed by atoms with Gasteiger partial charge < -0.3 is 23.7 Å². The summed E-state index contributed by atoms with van der Waals surface area (Å²) in [5.74, 6) is 3.44. The van der Waals surface area contributed by atoms with Crippen LogP contribution in [0.1, 0.15) is 36.1 Å². The molecule has 9 heteroatoms. The summed E-state index contributed by atoms with van der Waals surface area (Å²) in [7, 11) is 6.57. The number of ether oxygens (including phenoxy) is 5. The second kappa shape index (κ2) is 12.0. The van der Waals surface area contributed by atoms with Gasteiger partial charge in [0.15, 0.2) is 17.7 Å². The molecule has 1 heterocycles. The molecule has 0 aliphatic carbocycles. The third-order valence-electron chi connectivity index (χ3n) is 6.99. The van der Waals surface area contributed by atoms with Crippen LogP contribution >= 0.6 is 0 Å². The van der Waals surface area contributed by atoms with E-state index in [1.165, 1.54) is 17.7 Å². The number of hydrogen-bond donors (Lipinski definition) is 0. The van der Waals surface area contributed by atoms with Gasteiger partial charge in [0.2, 0.25) is 0 Å². The molecule has 202 valence electrons. The molecule has 0 spiro atoms. The third kappa shape index (κ3) is 5.62. The monoisotopic (exact) mass is 522 g/mol. The van der Waals surface area contributed by atoms with Crippen LogP contribution in [-0.2, 0) is 12.8 Å². The average molecular weight is 523 g/mol. The van der Waals surface area contributed by atoms with E-state index in [1.807, 2.05) is 18.2 Å². The highest BCUT2D eigenvalue weighted by atomic mass is 16.6. The van der Waals surface area contributed by atoms with Crippen molar-refractivity contribution in [2.24, 2.45) is 0 Å². The van der Waals surface area contributed by atoms with E-state index >= 15 is 0 Å². The topological polar surface area (TPSA) is 92.5 Å². The summed E-state index contributed by atoms with van der Waals surface area (Å²) < 4.78 is 28.8. The Labute approximate surface area is 223 Å². The largest absolute Gasteiger partial charge is 0.497 e. The van der Waals surface area contributed by atoms with Gasteiger partial charge in [-0.15, -0.1) is 0 Å². The van der Waals surface area contributed by atoms with Gasteiger partial charge in [-0.25, -0.2) is 0 Å². The number of fused-ring (bicyclic) bond motifs is 1. The van der Waals surface area contributed by atoms with Crippen molar-refractivity contribution in [3.8, 4) is 28.7 Å². The Balaban J connectivity index is 1.73. The first kappa shape index (κ1) is 27.1. The van der Waals surface area contributed by atoms with E-state index in [1.54, 1.807) is 40.6 Å². The molecule has 0 fully saturated rings. The number of benzene rings is 3. The van der Waals surface area contributed by atoms with Crippen molar-refractivity contribution in [1.29, 1.82) is 0 Å². The fraction of sp³-hybridized carbons (Fsp3) is 0.379. The Kier molecular flexibility index (Phi) is 8.58. The van der Waals surface area contributed by atoms with Gasteiger partial charge in [-0.1, -0.05) is 13.0 Å². The molecule has 0 saturated carbocycles. The number of hydrogen-bond acceptors (Lipinski definition) is 8. The van der Waals surface area contributed by atoms with Gasteiger partial charge in [0.25, 0.3) is 5.69 Å². The average Bonchev–Trinajstić information content (AvgIpc) is 2.95. The van der Waals surface area contributed by atoms with Gasteiger partial charge in [0.1, 0.15) is 17.2 Å². The Morgan fingerprint density at radius 2 is 1.55 bits per heavy atom. The van der Waals surface area contributed by atoms with Crippen molar-refractivity contribution >= 4 is 5.69 Å². The molecule has 1 aliphatic rings. The Hall–Kier alpha value is -3.98. The second-order valence-electron chi connectivity index (χ2n) is 9.02. The van der Waals surface area contributed by atoms with Crippen molar-refractivity contribution in [2.45, 2.75) is 38.5 Å². The normalized spacial score (nSPS) is 15.8. The van der Waals surface area contributed by atoms with Crippen molar-refractivity contribution in [3.05, 3.63) is 81.4 Å². The van der Waals surface area contributed by atoms with Crippen LogP contribution in [0.25, 0.3) is 0 Å². The molecular formula is C29H34N2O7.